The smallest absolute Gasteiger partial charge is 0.247 e. The maximum absolute atomic E-state index is 13.9. The lowest BCUT2D eigenvalue weighted by atomic mass is 9.98. The fourth-order valence-corrected chi connectivity index (χ4v) is 3.96. The Morgan fingerprint density at radius 1 is 1.00 bits per heavy atom. The van der Waals surface area contributed by atoms with Crippen molar-refractivity contribution < 1.29 is 14.0 Å². The number of fused-ring (bicyclic) bond motifs is 1. The van der Waals surface area contributed by atoms with Gasteiger partial charge in [-0.2, -0.15) is 0 Å². The first kappa shape index (κ1) is 25.0. The summed E-state index contributed by atoms with van der Waals surface area (Å²) in [6.07, 6.45) is 0.701. The van der Waals surface area contributed by atoms with E-state index < -0.39 is 17.4 Å². The van der Waals surface area contributed by atoms with E-state index in [4.69, 9.17) is 0 Å². The van der Waals surface area contributed by atoms with Gasteiger partial charge in [0.2, 0.25) is 11.8 Å². The normalized spacial score (nSPS) is 12.3. The number of halogens is 1. The molecule has 0 aliphatic rings. The summed E-state index contributed by atoms with van der Waals surface area (Å²) in [7, 11) is 0. The third kappa shape index (κ3) is 5.76. The fourth-order valence-electron chi connectivity index (χ4n) is 3.96. The molecule has 4 aromatic rings. The third-order valence-corrected chi connectivity index (χ3v) is 6.31. The summed E-state index contributed by atoms with van der Waals surface area (Å²) in [4.78, 5) is 29.1. The van der Waals surface area contributed by atoms with Crippen molar-refractivity contribution in [3.05, 3.63) is 95.8 Å². The largest absolute Gasteiger partial charge is 0.349 e. The second kappa shape index (κ2) is 10.7. The maximum atomic E-state index is 13.9. The van der Waals surface area contributed by atoms with E-state index in [9.17, 15) is 14.0 Å². The standard InChI is InChI=1S/C28H30FN5O2/c1-4-28(2,3)30-27(36)26(21-14-16-22(29)17-15-21)33(18-20-10-6-5-7-11-20)25(35)19-34-24-13-9-8-12-23(24)31-32-34/h5-17,26H,4,18-19H2,1-3H3,(H,30,36)/t26-/m0/s1. The van der Waals surface area contributed by atoms with Crippen LogP contribution < -0.4 is 5.32 Å². The summed E-state index contributed by atoms with van der Waals surface area (Å²) >= 11 is 0. The number of amides is 2. The van der Waals surface area contributed by atoms with Crippen LogP contribution in [0.15, 0.2) is 78.9 Å². The first-order valence-electron chi connectivity index (χ1n) is 12.0. The van der Waals surface area contributed by atoms with Gasteiger partial charge in [-0.3, -0.25) is 9.59 Å². The minimum Gasteiger partial charge on any atom is -0.349 e. The van der Waals surface area contributed by atoms with Crippen molar-refractivity contribution in [2.45, 2.75) is 51.9 Å². The average Bonchev–Trinajstić information content (AvgIpc) is 3.28. The van der Waals surface area contributed by atoms with Gasteiger partial charge >= 0.3 is 0 Å². The lowest BCUT2D eigenvalue weighted by Crippen LogP contribution is -2.50. The van der Waals surface area contributed by atoms with Gasteiger partial charge in [0.1, 0.15) is 23.9 Å². The zero-order valence-electron chi connectivity index (χ0n) is 20.7. The van der Waals surface area contributed by atoms with Gasteiger partial charge in [-0.1, -0.05) is 66.7 Å². The van der Waals surface area contributed by atoms with E-state index in [-0.39, 0.29) is 24.9 Å². The van der Waals surface area contributed by atoms with Crippen LogP contribution in [0.25, 0.3) is 11.0 Å². The van der Waals surface area contributed by atoms with Crippen LogP contribution in [0.1, 0.15) is 44.4 Å². The molecule has 8 heteroatoms. The van der Waals surface area contributed by atoms with Crippen molar-refractivity contribution in [1.29, 1.82) is 0 Å². The van der Waals surface area contributed by atoms with E-state index >= 15 is 0 Å². The van der Waals surface area contributed by atoms with Gasteiger partial charge < -0.3 is 10.2 Å². The Labute approximate surface area is 209 Å². The Balaban J connectivity index is 1.75. The summed E-state index contributed by atoms with van der Waals surface area (Å²) in [5.41, 5.74) is 2.30. The van der Waals surface area contributed by atoms with Crippen LogP contribution in [-0.2, 0) is 22.7 Å². The molecule has 0 saturated carbocycles. The minimum atomic E-state index is -0.973. The molecule has 0 saturated heterocycles. The second-order valence-corrected chi connectivity index (χ2v) is 9.42. The highest BCUT2D eigenvalue weighted by atomic mass is 19.1. The molecule has 0 fully saturated rings. The van der Waals surface area contributed by atoms with E-state index in [1.165, 1.54) is 21.7 Å². The summed E-state index contributed by atoms with van der Waals surface area (Å²) in [5.74, 6) is -1.06. The number of para-hydroxylation sites is 1. The molecule has 3 aromatic carbocycles. The molecule has 0 aliphatic carbocycles. The molecule has 0 bridgehead atoms. The highest BCUT2D eigenvalue weighted by Crippen LogP contribution is 2.26. The SMILES string of the molecule is CCC(C)(C)NC(=O)[C@H](c1ccc(F)cc1)N(Cc1ccccc1)C(=O)Cn1nnc2ccccc21. The average molecular weight is 488 g/mol. The molecular weight excluding hydrogens is 457 g/mol. The van der Waals surface area contributed by atoms with E-state index in [1.54, 1.807) is 12.1 Å². The Morgan fingerprint density at radius 2 is 1.67 bits per heavy atom. The van der Waals surface area contributed by atoms with Crippen molar-refractivity contribution >= 4 is 22.8 Å². The van der Waals surface area contributed by atoms with Crippen molar-refractivity contribution in [2.24, 2.45) is 0 Å². The molecule has 1 heterocycles. The first-order chi connectivity index (χ1) is 17.3. The van der Waals surface area contributed by atoms with Gasteiger partial charge in [0.25, 0.3) is 0 Å². The number of carbonyl (C=O) groups excluding carboxylic acids is 2. The van der Waals surface area contributed by atoms with E-state index in [2.05, 4.69) is 15.6 Å². The molecule has 0 unspecified atom stereocenters. The van der Waals surface area contributed by atoms with Crippen LogP contribution >= 0.6 is 0 Å². The second-order valence-electron chi connectivity index (χ2n) is 9.42. The Kier molecular flexibility index (Phi) is 7.43. The van der Waals surface area contributed by atoms with Gasteiger partial charge in [-0.05, 0) is 55.7 Å². The number of nitrogens with one attached hydrogen (secondary N) is 1. The number of benzene rings is 3. The highest BCUT2D eigenvalue weighted by Gasteiger charge is 2.34. The molecule has 0 aliphatic heterocycles. The molecule has 1 atom stereocenters. The third-order valence-electron chi connectivity index (χ3n) is 6.31. The molecule has 36 heavy (non-hydrogen) atoms. The number of carbonyl (C=O) groups is 2. The van der Waals surface area contributed by atoms with Gasteiger partial charge in [0, 0.05) is 12.1 Å². The van der Waals surface area contributed by atoms with Gasteiger partial charge in [-0.25, -0.2) is 9.07 Å². The molecule has 7 nitrogen and oxygen atoms in total. The summed E-state index contributed by atoms with van der Waals surface area (Å²) in [5, 5.41) is 11.4. The molecule has 0 spiro atoms. The van der Waals surface area contributed by atoms with Crippen LogP contribution in [0.2, 0.25) is 0 Å². The number of nitrogens with zero attached hydrogens (tertiary/aromatic N) is 4. The minimum absolute atomic E-state index is 0.102. The summed E-state index contributed by atoms with van der Waals surface area (Å²) < 4.78 is 15.3. The predicted molar refractivity (Wildman–Crippen MR) is 136 cm³/mol. The molecule has 1 N–H and O–H groups in total. The molecular formula is C28H30FN5O2. The summed E-state index contributed by atoms with van der Waals surface area (Å²) in [6.45, 7) is 5.93. The van der Waals surface area contributed by atoms with Crippen LogP contribution in [0.3, 0.4) is 0 Å². The molecule has 186 valence electrons. The number of rotatable bonds is 9. The Hall–Kier alpha value is -4.07. The lowest BCUT2D eigenvalue weighted by Gasteiger charge is -2.34. The predicted octanol–water partition coefficient (Wildman–Crippen LogP) is 4.65. The fraction of sp³-hybridized carbons (Fsp3) is 0.286. The van der Waals surface area contributed by atoms with Crippen LogP contribution in [-0.4, -0.2) is 37.2 Å². The van der Waals surface area contributed by atoms with Crippen molar-refractivity contribution in [1.82, 2.24) is 25.2 Å². The van der Waals surface area contributed by atoms with Gasteiger partial charge in [-0.15, -0.1) is 5.10 Å². The molecule has 0 radical (unpaired) electrons. The summed E-state index contributed by atoms with van der Waals surface area (Å²) in [6, 6.07) is 21.6. The van der Waals surface area contributed by atoms with E-state index in [0.717, 1.165) is 11.1 Å². The Morgan fingerprint density at radius 3 is 2.36 bits per heavy atom. The van der Waals surface area contributed by atoms with Crippen molar-refractivity contribution in [3.63, 3.8) is 0 Å². The van der Waals surface area contributed by atoms with Crippen molar-refractivity contribution in [2.75, 3.05) is 0 Å². The first-order valence-corrected chi connectivity index (χ1v) is 12.0. The maximum Gasteiger partial charge on any atom is 0.247 e. The number of aromatic nitrogens is 3. The van der Waals surface area contributed by atoms with Crippen LogP contribution in [0, 0.1) is 5.82 Å². The lowest BCUT2D eigenvalue weighted by molar-refractivity contribution is -0.143. The zero-order valence-corrected chi connectivity index (χ0v) is 20.7. The van der Waals surface area contributed by atoms with E-state index in [1.807, 2.05) is 75.4 Å². The van der Waals surface area contributed by atoms with Crippen molar-refractivity contribution in [3.8, 4) is 0 Å². The van der Waals surface area contributed by atoms with Gasteiger partial charge in [0.15, 0.2) is 0 Å². The molecule has 1 aromatic heterocycles. The van der Waals surface area contributed by atoms with E-state index in [0.29, 0.717) is 17.5 Å². The number of hydrogen-bond donors (Lipinski definition) is 1. The van der Waals surface area contributed by atoms with Gasteiger partial charge in [0.05, 0.1) is 5.52 Å². The molecule has 4 rings (SSSR count). The zero-order chi connectivity index (χ0) is 25.7. The monoisotopic (exact) mass is 487 g/mol. The Bertz CT molecular complexity index is 1340. The number of hydrogen-bond acceptors (Lipinski definition) is 4. The highest BCUT2D eigenvalue weighted by molar-refractivity contribution is 5.89. The topological polar surface area (TPSA) is 80.1 Å². The van der Waals surface area contributed by atoms with Crippen LogP contribution in [0.5, 0.6) is 0 Å². The molecule has 2 amide bonds. The van der Waals surface area contributed by atoms with Crippen LogP contribution in [0.4, 0.5) is 4.39 Å². The quantitative estimate of drug-likeness (QED) is 0.373.